The van der Waals surface area contributed by atoms with Crippen molar-refractivity contribution in [3.63, 3.8) is 0 Å². The van der Waals surface area contributed by atoms with Crippen LogP contribution in [0.1, 0.15) is 38.2 Å². The van der Waals surface area contributed by atoms with Gasteiger partial charge in [0.25, 0.3) is 5.91 Å². The summed E-state index contributed by atoms with van der Waals surface area (Å²) in [5.74, 6) is 5.25. The Bertz CT molecular complexity index is 1140. The maximum absolute atomic E-state index is 12.4. The highest BCUT2D eigenvalue weighted by molar-refractivity contribution is 5.83. The van der Waals surface area contributed by atoms with Gasteiger partial charge in [0.15, 0.2) is 23.8 Å². The van der Waals surface area contributed by atoms with E-state index in [1.165, 1.54) is 22.9 Å². The maximum Gasteiger partial charge on any atom is 0.410 e. The smallest absolute Gasteiger partial charge is 0.410 e. The molecule has 2 fully saturated rings. The van der Waals surface area contributed by atoms with Gasteiger partial charge in [0.05, 0.1) is 20.0 Å². The van der Waals surface area contributed by atoms with Gasteiger partial charge in [-0.25, -0.2) is 19.7 Å². The molecule has 2 aliphatic rings. The predicted molar refractivity (Wildman–Crippen MR) is 118 cm³/mol. The van der Waals surface area contributed by atoms with Crippen molar-refractivity contribution in [3.8, 4) is 11.8 Å². The Morgan fingerprint density at radius 1 is 1.35 bits per heavy atom. The van der Waals surface area contributed by atoms with Crippen molar-refractivity contribution in [1.82, 2.24) is 29.7 Å². The number of nitrogens with two attached hydrogens (primary N) is 1. The first-order valence-corrected chi connectivity index (χ1v) is 11.0. The number of nitrogens with zero attached hydrogens (tertiary/aromatic N) is 5. The number of hydrogen-bond donors (Lipinski definition) is 4. The number of imidazole rings is 1. The first-order valence-electron chi connectivity index (χ1n) is 11.0. The highest BCUT2D eigenvalue weighted by Gasteiger charge is 2.48. The minimum absolute atomic E-state index is 0.0579. The number of nitrogen functional groups attached to an aromatic ring is 1. The van der Waals surface area contributed by atoms with Crippen molar-refractivity contribution in [2.75, 3.05) is 25.9 Å². The highest BCUT2D eigenvalue weighted by atomic mass is 16.6. The summed E-state index contributed by atoms with van der Waals surface area (Å²) in [4.78, 5) is 38.3. The fourth-order valence-electron chi connectivity index (χ4n) is 3.65. The van der Waals surface area contributed by atoms with Gasteiger partial charge in [0.1, 0.15) is 17.7 Å². The zero-order valence-electron chi connectivity index (χ0n) is 18.8. The Labute approximate surface area is 195 Å². The fourth-order valence-corrected chi connectivity index (χ4v) is 3.65. The fraction of sp³-hybridized carbons (Fsp3) is 0.571. The molecule has 2 aromatic rings. The molecule has 5 N–H and O–H groups in total. The minimum Gasteiger partial charge on any atom is -0.453 e. The SMILES string of the molecule is CCCN(CC#Cc1nc(N)c2ncn([C@@H]3O[C@H](C(=O)NC4CC4)C(O)[C@@H]3O)c2n1)C(=O)OC. The molecule has 1 saturated carbocycles. The Morgan fingerprint density at radius 2 is 2.12 bits per heavy atom. The van der Waals surface area contributed by atoms with Crippen molar-refractivity contribution in [3.05, 3.63) is 12.2 Å². The van der Waals surface area contributed by atoms with Crippen LogP contribution in [0, 0.1) is 11.8 Å². The number of aliphatic hydroxyl groups is 2. The number of anilines is 1. The van der Waals surface area contributed by atoms with Gasteiger partial charge in [0, 0.05) is 12.6 Å². The predicted octanol–water partition coefficient (Wildman–Crippen LogP) is -0.864. The highest BCUT2D eigenvalue weighted by Crippen LogP contribution is 2.33. The van der Waals surface area contributed by atoms with Crippen molar-refractivity contribution in [2.24, 2.45) is 0 Å². The van der Waals surface area contributed by atoms with Crippen molar-refractivity contribution in [1.29, 1.82) is 0 Å². The van der Waals surface area contributed by atoms with Crippen LogP contribution in [-0.4, -0.2) is 91.2 Å². The molecule has 2 amide bonds. The molecule has 1 aliphatic carbocycles. The number of rotatable bonds is 6. The van der Waals surface area contributed by atoms with E-state index in [0.29, 0.717) is 6.54 Å². The van der Waals surface area contributed by atoms with Crippen LogP contribution in [-0.2, 0) is 14.3 Å². The summed E-state index contributed by atoms with van der Waals surface area (Å²) in [5.41, 5.74) is 6.49. The molecule has 34 heavy (non-hydrogen) atoms. The number of aliphatic hydroxyl groups excluding tert-OH is 2. The van der Waals surface area contributed by atoms with Crippen LogP contribution < -0.4 is 11.1 Å². The van der Waals surface area contributed by atoms with E-state index in [1.807, 2.05) is 6.92 Å². The molecular formula is C21H27N7O6. The van der Waals surface area contributed by atoms with Crippen molar-refractivity contribution < 1.29 is 29.3 Å². The van der Waals surface area contributed by atoms with Crippen LogP contribution in [0.5, 0.6) is 0 Å². The normalized spacial score (nSPS) is 23.9. The number of amides is 2. The molecule has 182 valence electrons. The third-order valence-electron chi connectivity index (χ3n) is 5.54. The first kappa shape index (κ1) is 23.7. The van der Waals surface area contributed by atoms with Gasteiger partial charge in [-0.15, -0.1) is 0 Å². The molecule has 1 aliphatic heterocycles. The van der Waals surface area contributed by atoms with Gasteiger partial charge in [0.2, 0.25) is 5.82 Å². The van der Waals surface area contributed by atoms with Gasteiger partial charge in [-0.1, -0.05) is 12.8 Å². The van der Waals surface area contributed by atoms with E-state index < -0.39 is 36.5 Å². The summed E-state index contributed by atoms with van der Waals surface area (Å²) < 4.78 is 11.8. The number of nitrogens with one attached hydrogen (secondary N) is 1. The summed E-state index contributed by atoms with van der Waals surface area (Å²) in [5, 5.41) is 23.7. The van der Waals surface area contributed by atoms with E-state index in [9.17, 15) is 19.8 Å². The van der Waals surface area contributed by atoms with E-state index in [-0.39, 0.29) is 35.4 Å². The van der Waals surface area contributed by atoms with Gasteiger partial charge in [-0.2, -0.15) is 0 Å². The number of fused-ring (bicyclic) bond motifs is 1. The van der Waals surface area contributed by atoms with E-state index in [1.54, 1.807) is 0 Å². The second kappa shape index (κ2) is 9.80. The lowest BCUT2D eigenvalue weighted by molar-refractivity contribution is -0.137. The third-order valence-corrected chi connectivity index (χ3v) is 5.54. The topological polar surface area (TPSA) is 178 Å². The average Bonchev–Trinajstić information content (AvgIpc) is 3.45. The Hall–Kier alpha value is -3.47. The Balaban J connectivity index is 1.57. The second-order valence-corrected chi connectivity index (χ2v) is 8.16. The molecule has 13 nitrogen and oxygen atoms in total. The van der Waals surface area contributed by atoms with Gasteiger partial charge in [-0.3, -0.25) is 14.3 Å². The zero-order chi connectivity index (χ0) is 24.4. The molecule has 0 aromatic carbocycles. The molecule has 4 atom stereocenters. The largest absolute Gasteiger partial charge is 0.453 e. The number of hydrogen-bond acceptors (Lipinski definition) is 10. The number of methoxy groups -OCH3 is 1. The van der Waals surface area contributed by atoms with Crippen LogP contribution in [0.4, 0.5) is 10.6 Å². The number of carbonyl (C=O) groups excluding carboxylic acids is 2. The van der Waals surface area contributed by atoms with E-state index in [4.69, 9.17) is 15.2 Å². The average molecular weight is 473 g/mol. The minimum atomic E-state index is -1.43. The molecule has 2 aromatic heterocycles. The van der Waals surface area contributed by atoms with Crippen LogP contribution in [0.3, 0.4) is 0 Å². The molecule has 0 bridgehead atoms. The maximum atomic E-state index is 12.4. The van der Waals surface area contributed by atoms with E-state index >= 15 is 0 Å². The molecule has 13 heteroatoms. The molecule has 0 spiro atoms. The summed E-state index contributed by atoms with van der Waals surface area (Å²) in [7, 11) is 1.30. The quantitative estimate of drug-likeness (QED) is 0.386. The lowest BCUT2D eigenvalue weighted by atomic mass is 10.1. The van der Waals surface area contributed by atoms with Gasteiger partial charge in [-0.05, 0) is 25.2 Å². The van der Waals surface area contributed by atoms with Crippen LogP contribution in [0.2, 0.25) is 0 Å². The molecule has 0 radical (unpaired) electrons. The molecule has 4 rings (SSSR count). The second-order valence-electron chi connectivity index (χ2n) is 8.16. The molecule has 1 unspecified atom stereocenters. The number of aromatic nitrogens is 4. The Morgan fingerprint density at radius 3 is 2.79 bits per heavy atom. The van der Waals surface area contributed by atoms with E-state index in [2.05, 4.69) is 32.1 Å². The van der Waals surface area contributed by atoms with Crippen LogP contribution in [0.15, 0.2) is 6.33 Å². The third kappa shape index (κ3) is 4.74. The molecule has 3 heterocycles. The summed E-state index contributed by atoms with van der Waals surface area (Å²) >= 11 is 0. The van der Waals surface area contributed by atoms with Crippen molar-refractivity contribution >= 4 is 29.0 Å². The summed E-state index contributed by atoms with van der Waals surface area (Å²) in [6.45, 7) is 2.51. The lowest BCUT2D eigenvalue weighted by Gasteiger charge is -2.17. The Kier molecular flexibility index (Phi) is 6.82. The molecular weight excluding hydrogens is 446 g/mol. The monoisotopic (exact) mass is 473 g/mol. The number of ether oxygens (including phenoxy) is 2. The van der Waals surface area contributed by atoms with Crippen LogP contribution >= 0.6 is 0 Å². The van der Waals surface area contributed by atoms with E-state index in [0.717, 1.165) is 19.3 Å². The van der Waals surface area contributed by atoms with Crippen molar-refractivity contribution in [2.45, 2.75) is 56.8 Å². The number of carbonyl (C=O) groups is 2. The standard InChI is InChI=1S/C21H27N7O6/c1-3-8-27(21(32)33-2)9-4-5-12-25-17(22)13-18(26-12)28(10-23-13)20-15(30)14(29)16(34-20)19(31)24-11-6-7-11/h10-11,14-16,20,29-30H,3,6-9H2,1-2H3,(H,24,31)(H2,22,25,26)/t14?,15-,16-,20+/m0/s1. The van der Waals surface area contributed by atoms with Gasteiger partial charge < -0.3 is 30.7 Å². The van der Waals surface area contributed by atoms with Crippen LogP contribution in [0.25, 0.3) is 11.2 Å². The summed E-state index contributed by atoms with van der Waals surface area (Å²) in [6, 6.07) is 0.0784. The molecule has 1 saturated heterocycles. The zero-order valence-corrected chi connectivity index (χ0v) is 18.8. The summed E-state index contributed by atoms with van der Waals surface area (Å²) in [6.07, 6.45) is -1.84. The first-order chi connectivity index (χ1) is 16.3. The van der Waals surface area contributed by atoms with Gasteiger partial charge >= 0.3 is 6.09 Å². The lowest BCUT2D eigenvalue weighted by Crippen LogP contribution is -2.43.